The third-order valence-corrected chi connectivity index (χ3v) is 2.80. The Morgan fingerprint density at radius 1 is 1.47 bits per heavy atom. The molecule has 0 fully saturated rings. The van der Waals surface area contributed by atoms with Crippen LogP contribution in [0.25, 0.3) is 5.65 Å². The maximum atomic E-state index is 10.9. The molecule has 0 atom stereocenters. The molecule has 6 heteroatoms. The zero-order valence-corrected chi connectivity index (χ0v) is 11.3. The van der Waals surface area contributed by atoms with Gasteiger partial charge in [-0.05, 0) is 19.3 Å². The first kappa shape index (κ1) is 13.3. The molecule has 0 spiro atoms. The van der Waals surface area contributed by atoms with E-state index in [1.807, 2.05) is 13.0 Å². The number of anilines is 1. The van der Waals surface area contributed by atoms with E-state index in [-0.39, 0.29) is 5.69 Å². The number of aromatic nitrogens is 3. The molecule has 2 heterocycles. The third kappa shape index (κ3) is 3.01. The number of aromatic carboxylic acids is 1. The summed E-state index contributed by atoms with van der Waals surface area (Å²) in [5.74, 6) is 0.338. The van der Waals surface area contributed by atoms with Crippen molar-refractivity contribution >= 4 is 17.4 Å². The van der Waals surface area contributed by atoms with E-state index in [1.165, 1.54) is 10.6 Å². The molecule has 0 aliphatic rings. The quantitative estimate of drug-likeness (QED) is 0.863. The molecule has 0 aliphatic heterocycles. The van der Waals surface area contributed by atoms with E-state index in [1.54, 1.807) is 0 Å². The molecular weight excluding hydrogens is 244 g/mol. The number of nitrogens with zero attached hydrogens (tertiary/aromatic N) is 3. The van der Waals surface area contributed by atoms with Gasteiger partial charge in [-0.25, -0.2) is 9.78 Å². The lowest BCUT2D eigenvalue weighted by Gasteiger charge is -2.10. The Morgan fingerprint density at radius 3 is 2.84 bits per heavy atom. The van der Waals surface area contributed by atoms with Gasteiger partial charge in [0.2, 0.25) is 0 Å². The maximum Gasteiger partial charge on any atom is 0.356 e. The van der Waals surface area contributed by atoms with Crippen molar-refractivity contribution in [3.05, 3.63) is 23.5 Å². The van der Waals surface area contributed by atoms with Crippen molar-refractivity contribution in [2.75, 3.05) is 11.9 Å². The van der Waals surface area contributed by atoms with Gasteiger partial charge in [0.15, 0.2) is 11.3 Å². The second kappa shape index (κ2) is 5.26. The molecule has 2 N–H and O–H groups in total. The minimum absolute atomic E-state index is 0.00464. The lowest BCUT2D eigenvalue weighted by Crippen LogP contribution is -2.10. The Bertz CT molecular complexity index is 604. The first-order valence-corrected chi connectivity index (χ1v) is 6.32. The van der Waals surface area contributed by atoms with E-state index in [0.29, 0.717) is 11.6 Å². The Kier molecular flexibility index (Phi) is 3.69. The highest BCUT2D eigenvalue weighted by molar-refractivity contribution is 5.86. The number of carboxylic acid groups (broad SMARTS) is 1. The van der Waals surface area contributed by atoms with Crippen LogP contribution in [0.1, 0.15) is 36.5 Å². The van der Waals surface area contributed by atoms with Crippen LogP contribution in [0.3, 0.4) is 0 Å². The molecule has 0 radical (unpaired) electrons. The predicted molar refractivity (Wildman–Crippen MR) is 72.6 cm³/mol. The normalized spacial score (nSPS) is 11.2. The summed E-state index contributed by atoms with van der Waals surface area (Å²) in [6, 6.07) is 3.34. The standard InChI is InChI=1S/C13H18N4O2/c1-8(2)4-5-14-11-6-9(3)15-12-7-10(13(18)19)16-17(11)12/h6-8,14H,4-5H2,1-3H3,(H,18,19). The number of nitrogens with one attached hydrogen (secondary N) is 1. The van der Waals surface area contributed by atoms with Crippen LogP contribution in [-0.2, 0) is 0 Å². The van der Waals surface area contributed by atoms with E-state index in [2.05, 4.69) is 29.2 Å². The molecule has 6 nitrogen and oxygen atoms in total. The molecule has 0 aromatic carbocycles. The van der Waals surface area contributed by atoms with Crippen LogP contribution in [0, 0.1) is 12.8 Å². The molecule has 19 heavy (non-hydrogen) atoms. The topological polar surface area (TPSA) is 79.5 Å². The van der Waals surface area contributed by atoms with Gasteiger partial charge in [0.05, 0.1) is 0 Å². The molecule has 2 aromatic rings. The van der Waals surface area contributed by atoms with Gasteiger partial charge in [-0.1, -0.05) is 13.8 Å². The average molecular weight is 262 g/mol. The fourth-order valence-electron chi connectivity index (χ4n) is 1.82. The predicted octanol–water partition coefficient (Wildman–Crippen LogP) is 2.19. The molecule has 0 amide bonds. The first-order valence-electron chi connectivity index (χ1n) is 6.32. The number of fused-ring (bicyclic) bond motifs is 1. The van der Waals surface area contributed by atoms with Crippen molar-refractivity contribution in [3.63, 3.8) is 0 Å². The number of carboxylic acids is 1. The number of aryl methyl sites for hydroxylation is 1. The van der Waals surface area contributed by atoms with E-state index in [9.17, 15) is 4.79 Å². The summed E-state index contributed by atoms with van der Waals surface area (Å²) >= 11 is 0. The van der Waals surface area contributed by atoms with Gasteiger partial charge >= 0.3 is 5.97 Å². The molecule has 2 aromatic heterocycles. The van der Waals surface area contributed by atoms with Gasteiger partial charge in [0.1, 0.15) is 5.82 Å². The second-order valence-electron chi connectivity index (χ2n) is 5.00. The van der Waals surface area contributed by atoms with Crippen LogP contribution in [0.2, 0.25) is 0 Å². The summed E-state index contributed by atoms with van der Waals surface area (Å²) in [5, 5.41) is 16.3. The monoisotopic (exact) mass is 262 g/mol. The van der Waals surface area contributed by atoms with Gasteiger partial charge in [-0.15, -0.1) is 0 Å². The van der Waals surface area contributed by atoms with E-state index < -0.39 is 5.97 Å². The maximum absolute atomic E-state index is 10.9. The summed E-state index contributed by atoms with van der Waals surface area (Å²) in [6.07, 6.45) is 1.04. The molecular formula is C13H18N4O2. The molecule has 0 unspecified atom stereocenters. The number of rotatable bonds is 5. The highest BCUT2D eigenvalue weighted by atomic mass is 16.4. The summed E-state index contributed by atoms with van der Waals surface area (Å²) in [7, 11) is 0. The van der Waals surface area contributed by atoms with Gasteiger partial charge in [0, 0.05) is 24.4 Å². The number of hydrogen-bond donors (Lipinski definition) is 2. The second-order valence-corrected chi connectivity index (χ2v) is 5.00. The number of carbonyl (C=O) groups is 1. The minimum atomic E-state index is -1.05. The zero-order chi connectivity index (χ0) is 14.0. The highest BCUT2D eigenvalue weighted by Gasteiger charge is 2.12. The van der Waals surface area contributed by atoms with Crippen LogP contribution in [0.15, 0.2) is 12.1 Å². The fraction of sp³-hybridized carbons (Fsp3) is 0.462. The summed E-state index contributed by atoms with van der Waals surface area (Å²) < 4.78 is 1.54. The Morgan fingerprint density at radius 2 is 2.21 bits per heavy atom. The van der Waals surface area contributed by atoms with Crippen LogP contribution < -0.4 is 5.32 Å². The van der Waals surface area contributed by atoms with Crippen molar-refractivity contribution in [1.82, 2.24) is 14.6 Å². The van der Waals surface area contributed by atoms with E-state index in [4.69, 9.17) is 5.11 Å². The lowest BCUT2D eigenvalue weighted by molar-refractivity contribution is 0.0690. The molecule has 0 aliphatic carbocycles. The van der Waals surface area contributed by atoms with Crippen molar-refractivity contribution < 1.29 is 9.90 Å². The average Bonchev–Trinajstić information content (AvgIpc) is 2.72. The smallest absolute Gasteiger partial charge is 0.356 e. The third-order valence-electron chi connectivity index (χ3n) is 2.80. The summed E-state index contributed by atoms with van der Waals surface area (Å²) in [5.41, 5.74) is 1.38. The zero-order valence-electron chi connectivity index (χ0n) is 11.3. The molecule has 102 valence electrons. The van der Waals surface area contributed by atoms with Gasteiger partial charge in [-0.3, -0.25) is 0 Å². The van der Waals surface area contributed by atoms with Crippen LogP contribution in [0.5, 0.6) is 0 Å². The van der Waals surface area contributed by atoms with E-state index >= 15 is 0 Å². The van der Waals surface area contributed by atoms with E-state index in [0.717, 1.165) is 24.5 Å². The Labute approximate surface area is 111 Å². The summed E-state index contributed by atoms with van der Waals surface area (Å²) in [4.78, 5) is 15.2. The van der Waals surface area contributed by atoms with Crippen molar-refractivity contribution in [3.8, 4) is 0 Å². The number of hydrogen-bond acceptors (Lipinski definition) is 4. The van der Waals surface area contributed by atoms with Crippen molar-refractivity contribution in [2.45, 2.75) is 27.2 Å². The minimum Gasteiger partial charge on any atom is -0.476 e. The first-order chi connectivity index (χ1) is 8.97. The van der Waals surface area contributed by atoms with Crippen LogP contribution in [0.4, 0.5) is 5.82 Å². The molecule has 0 bridgehead atoms. The molecule has 0 saturated heterocycles. The van der Waals surface area contributed by atoms with Gasteiger partial charge in [-0.2, -0.15) is 9.61 Å². The molecule has 0 saturated carbocycles. The fourth-order valence-corrected chi connectivity index (χ4v) is 1.82. The van der Waals surface area contributed by atoms with Crippen LogP contribution >= 0.6 is 0 Å². The van der Waals surface area contributed by atoms with Crippen LogP contribution in [-0.4, -0.2) is 32.2 Å². The lowest BCUT2D eigenvalue weighted by atomic mass is 10.1. The van der Waals surface area contributed by atoms with Gasteiger partial charge in [0.25, 0.3) is 0 Å². The van der Waals surface area contributed by atoms with Gasteiger partial charge < -0.3 is 10.4 Å². The van der Waals surface area contributed by atoms with Crippen molar-refractivity contribution in [2.24, 2.45) is 5.92 Å². The molecule has 2 rings (SSSR count). The van der Waals surface area contributed by atoms with Crippen molar-refractivity contribution in [1.29, 1.82) is 0 Å². The largest absolute Gasteiger partial charge is 0.476 e. The highest BCUT2D eigenvalue weighted by Crippen LogP contribution is 2.14. The Hall–Kier alpha value is -2.11. The SMILES string of the molecule is Cc1cc(NCCC(C)C)n2nc(C(=O)O)cc2n1. The Balaban J connectivity index is 2.33. The summed E-state index contributed by atoms with van der Waals surface area (Å²) in [6.45, 7) is 7.01.